The summed E-state index contributed by atoms with van der Waals surface area (Å²) in [6.07, 6.45) is 0.951. The SMILES string of the molecule is COC(=O)C1CCOc2cc(F)c(C#N)cc21.COC(=O)C1CCOc2cc(Oc3ccc(C(=O)OC(C)(C)C)cc3)c(C#N)cc21. The van der Waals surface area contributed by atoms with Crippen molar-refractivity contribution in [3.8, 4) is 35.1 Å². The molecular weight excluding hydrogens is 611 g/mol. The maximum Gasteiger partial charge on any atom is 0.338 e. The Bertz CT molecular complexity index is 1750. The lowest BCUT2D eigenvalue weighted by Gasteiger charge is -2.25. The first-order valence-corrected chi connectivity index (χ1v) is 14.6. The molecule has 12 heteroatoms. The highest BCUT2D eigenvalue weighted by Crippen LogP contribution is 2.40. The first-order chi connectivity index (χ1) is 22.4. The lowest BCUT2D eigenvalue weighted by atomic mass is 9.91. The van der Waals surface area contributed by atoms with Crippen molar-refractivity contribution in [3.05, 3.63) is 82.2 Å². The number of hydrogen-bond donors (Lipinski definition) is 0. The van der Waals surface area contributed by atoms with E-state index in [1.54, 1.807) is 63.2 Å². The van der Waals surface area contributed by atoms with Gasteiger partial charge in [0.05, 0.1) is 56.0 Å². The van der Waals surface area contributed by atoms with Gasteiger partial charge in [-0.2, -0.15) is 10.5 Å². The van der Waals surface area contributed by atoms with E-state index in [2.05, 4.69) is 10.8 Å². The Balaban J connectivity index is 0.000000248. The largest absolute Gasteiger partial charge is 0.493 e. The number of carbonyl (C=O) groups is 3. The molecule has 0 aliphatic carbocycles. The predicted octanol–water partition coefficient (Wildman–Crippen LogP) is 6.08. The number of carbonyl (C=O) groups excluding carboxylic acids is 3. The van der Waals surface area contributed by atoms with Crippen molar-refractivity contribution in [1.29, 1.82) is 10.5 Å². The van der Waals surface area contributed by atoms with Crippen LogP contribution in [0.4, 0.5) is 4.39 Å². The minimum absolute atomic E-state index is 0.0943. The number of halogens is 1. The average molecular weight is 645 g/mol. The molecule has 0 radical (unpaired) electrons. The second kappa shape index (κ2) is 14.6. The van der Waals surface area contributed by atoms with E-state index >= 15 is 0 Å². The van der Waals surface area contributed by atoms with Crippen LogP contribution < -0.4 is 14.2 Å². The van der Waals surface area contributed by atoms with Gasteiger partial charge in [0.25, 0.3) is 0 Å². The highest BCUT2D eigenvalue weighted by molar-refractivity contribution is 5.89. The monoisotopic (exact) mass is 644 g/mol. The van der Waals surface area contributed by atoms with Crippen molar-refractivity contribution in [1.82, 2.24) is 0 Å². The van der Waals surface area contributed by atoms with Gasteiger partial charge >= 0.3 is 17.9 Å². The summed E-state index contributed by atoms with van der Waals surface area (Å²) in [4.78, 5) is 35.7. The van der Waals surface area contributed by atoms with Crippen molar-refractivity contribution < 1.29 is 47.2 Å². The number of benzene rings is 3. The molecule has 5 rings (SSSR count). The van der Waals surface area contributed by atoms with Crippen LogP contribution in [0.15, 0.2) is 48.5 Å². The van der Waals surface area contributed by atoms with E-state index in [9.17, 15) is 24.0 Å². The lowest BCUT2D eigenvalue weighted by Crippen LogP contribution is -2.23. The maximum atomic E-state index is 13.4. The number of rotatable bonds is 5. The molecule has 11 nitrogen and oxygen atoms in total. The van der Waals surface area contributed by atoms with Crippen molar-refractivity contribution >= 4 is 17.9 Å². The molecule has 47 heavy (non-hydrogen) atoms. The Morgan fingerprint density at radius 1 is 0.809 bits per heavy atom. The van der Waals surface area contributed by atoms with Gasteiger partial charge < -0.3 is 28.4 Å². The molecule has 0 fully saturated rings. The number of nitriles is 2. The molecule has 3 aromatic rings. The summed E-state index contributed by atoms with van der Waals surface area (Å²) in [5, 5.41) is 18.3. The van der Waals surface area contributed by atoms with Crippen molar-refractivity contribution in [2.45, 2.75) is 51.0 Å². The van der Waals surface area contributed by atoms with Gasteiger partial charge in [0.1, 0.15) is 46.6 Å². The first-order valence-electron chi connectivity index (χ1n) is 14.6. The third-order valence-electron chi connectivity index (χ3n) is 7.22. The quantitative estimate of drug-likeness (QED) is 0.234. The Labute approximate surface area is 271 Å². The molecule has 2 unspecified atom stereocenters. The highest BCUT2D eigenvalue weighted by atomic mass is 19.1. The fraction of sp³-hybridized carbons (Fsp3) is 0.343. The molecule has 0 N–H and O–H groups in total. The van der Waals surface area contributed by atoms with E-state index in [0.717, 1.165) is 6.07 Å². The summed E-state index contributed by atoms with van der Waals surface area (Å²) in [7, 11) is 2.63. The summed E-state index contributed by atoms with van der Waals surface area (Å²) in [5.74, 6) is -1.27. The summed E-state index contributed by atoms with van der Waals surface area (Å²) in [6.45, 7) is 6.10. The lowest BCUT2D eigenvalue weighted by molar-refractivity contribution is -0.144. The van der Waals surface area contributed by atoms with Crippen LogP contribution >= 0.6 is 0 Å². The van der Waals surface area contributed by atoms with E-state index in [0.29, 0.717) is 65.7 Å². The van der Waals surface area contributed by atoms with Crippen LogP contribution in [0, 0.1) is 28.5 Å². The number of ether oxygens (including phenoxy) is 6. The minimum Gasteiger partial charge on any atom is -0.493 e. The second-order valence-corrected chi connectivity index (χ2v) is 11.5. The highest BCUT2D eigenvalue weighted by Gasteiger charge is 2.31. The molecule has 0 aromatic heterocycles. The zero-order valence-corrected chi connectivity index (χ0v) is 26.5. The van der Waals surface area contributed by atoms with E-state index in [-0.39, 0.29) is 17.1 Å². The summed E-state index contributed by atoms with van der Waals surface area (Å²) >= 11 is 0. The predicted molar refractivity (Wildman–Crippen MR) is 164 cm³/mol. The van der Waals surface area contributed by atoms with E-state index in [1.807, 2.05) is 0 Å². The fourth-order valence-corrected chi connectivity index (χ4v) is 4.98. The van der Waals surface area contributed by atoms with Gasteiger partial charge in [0, 0.05) is 23.3 Å². The number of methoxy groups -OCH3 is 2. The Morgan fingerprint density at radius 3 is 1.81 bits per heavy atom. The Hall–Kier alpha value is -5.62. The Kier molecular flexibility index (Phi) is 10.7. The summed E-state index contributed by atoms with van der Waals surface area (Å²) in [6, 6.07) is 16.0. The molecule has 2 aliphatic heterocycles. The first kappa shape index (κ1) is 34.3. The molecule has 3 aromatic carbocycles. The van der Waals surface area contributed by atoms with Crippen molar-refractivity contribution in [2.24, 2.45) is 0 Å². The van der Waals surface area contributed by atoms with Crippen LogP contribution in [0.2, 0.25) is 0 Å². The van der Waals surface area contributed by atoms with Gasteiger partial charge in [-0.05, 0) is 70.0 Å². The molecule has 0 spiro atoms. The van der Waals surface area contributed by atoms with E-state index in [1.165, 1.54) is 20.3 Å². The standard InChI is InChI=1S/C23H23NO6.C12H10FNO3/c1-23(2,3)30-21(25)14-5-7-16(8-6-14)29-19-12-20-18(11-15(19)13-24)17(9-10-28-20)22(26)27-4;1-16-12(15)8-2-3-17-11-5-10(13)7(6-14)4-9(8)11/h5-8,11-12,17H,9-10H2,1-4H3;4-5,8H,2-3H2,1H3. The average Bonchev–Trinajstić information content (AvgIpc) is 3.06. The molecule has 0 bridgehead atoms. The van der Waals surface area contributed by atoms with E-state index < -0.39 is 35.2 Å². The number of esters is 3. The van der Waals surface area contributed by atoms with Crippen LogP contribution in [0.3, 0.4) is 0 Å². The molecule has 0 amide bonds. The van der Waals surface area contributed by atoms with Crippen molar-refractivity contribution in [3.63, 3.8) is 0 Å². The molecule has 2 heterocycles. The number of nitrogens with zero attached hydrogens (tertiary/aromatic N) is 2. The topological polar surface area (TPSA) is 154 Å². The molecule has 2 aliphatic rings. The summed E-state index contributed by atoms with van der Waals surface area (Å²) < 4.78 is 45.0. The molecule has 244 valence electrons. The molecule has 2 atom stereocenters. The fourth-order valence-electron chi connectivity index (χ4n) is 4.98. The van der Waals surface area contributed by atoms with Crippen LogP contribution in [-0.4, -0.2) is 50.9 Å². The van der Waals surface area contributed by atoms with Crippen LogP contribution in [-0.2, 0) is 23.8 Å². The third-order valence-corrected chi connectivity index (χ3v) is 7.22. The zero-order chi connectivity index (χ0) is 34.3. The smallest absolute Gasteiger partial charge is 0.338 e. The van der Waals surface area contributed by atoms with Gasteiger partial charge in [-0.1, -0.05) is 0 Å². The van der Waals surface area contributed by atoms with Crippen molar-refractivity contribution in [2.75, 3.05) is 27.4 Å². The number of hydrogen-bond acceptors (Lipinski definition) is 11. The number of fused-ring (bicyclic) bond motifs is 2. The van der Waals surface area contributed by atoms with Crippen LogP contribution in [0.5, 0.6) is 23.0 Å². The normalized spacial score (nSPS) is 16.1. The third kappa shape index (κ3) is 8.16. The summed E-state index contributed by atoms with van der Waals surface area (Å²) in [5.41, 5.74) is 1.11. The minimum atomic E-state index is -0.642. The van der Waals surface area contributed by atoms with Crippen LogP contribution in [0.1, 0.15) is 78.1 Å². The molecule has 0 saturated heterocycles. The van der Waals surface area contributed by atoms with Gasteiger partial charge in [-0.3, -0.25) is 9.59 Å². The van der Waals surface area contributed by atoms with Gasteiger partial charge in [0.2, 0.25) is 0 Å². The van der Waals surface area contributed by atoms with Gasteiger partial charge in [-0.15, -0.1) is 0 Å². The van der Waals surface area contributed by atoms with Gasteiger partial charge in [-0.25, -0.2) is 9.18 Å². The maximum absolute atomic E-state index is 13.4. The Morgan fingerprint density at radius 2 is 1.32 bits per heavy atom. The van der Waals surface area contributed by atoms with Crippen LogP contribution in [0.25, 0.3) is 0 Å². The van der Waals surface area contributed by atoms with Gasteiger partial charge in [0.15, 0.2) is 0 Å². The molecular formula is C35H33FN2O9. The second-order valence-electron chi connectivity index (χ2n) is 11.5. The molecule has 0 saturated carbocycles. The zero-order valence-electron chi connectivity index (χ0n) is 26.5. The van der Waals surface area contributed by atoms with E-state index in [4.69, 9.17) is 28.9 Å².